The van der Waals surface area contributed by atoms with Gasteiger partial charge in [-0.05, 0) is 25.0 Å². The Morgan fingerprint density at radius 1 is 1.08 bits per heavy atom. The number of aryl methyl sites for hydroxylation is 2. The molecule has 1 heterocycles. The summed E-state index contributed by atoms with van der Waals surface area (Å²) in [7, 11) is 0. The molecule has 0 saturated heterocycles. The molecular weight excluding hydrogens is 334 g/mol. The van der Waals surface area contributed by atoms with E-state index in [1.165, 1.54) is 11.8 Å². The number of carbonyl (C=O) groups excluding carboxylic acids is 1. The molecule has 1 N–H and O–H groups in total. The lowest BCUT2D eigenvalue weighted by molar-refractivity contribution is -0.113. The van der Waals surface area contributed by atoms with Crippen LogP contribution in [0, 0.1) is 13.8 Å². The van der Waals surface area contributed by atoms with Crippen molar-refractivity contribution >= 4 is 23.4 Å². The highest BCUT2D eigenvalue weighted by molar-refractivity contribution is 7.99. The average molecular weight is 353 g/mol. The highest BCUT2D eigenvalue weighted by Gasteiger charge is 2.11. The molecule has 3 rings (SSSR count). The quantitative estimate of drug-likeness (QED) is 0.718. The normalized spacial score (nSPS) is 10.6. The SMILES string of the molecule is Cc1cccc(C)c1NC(=O)CSCc1nc(-c2ccccc2)no1. The Morgan fingerprint density at radius 3 is 2.52 bits per heavy atom. The fourth-order valence-corrected chi connectivity index (χ4v) is 3.09. The maximum Gasteiger partial charge on any atom is 0.236 e. The maximum atomic E-state index is 12.1. The van der Waals surface area contributed by atoms with Crippen molar-refractivity contribution in [3.63, 3.8) is 0 Å². The summed E-state index contributed by atoms with van der Waals surface area (Å²) in [6, 6.07) is 15.6. The number of anilines is 1. The molecule has 6 heteroatoms. The van der Waals surface area contributed by atoms with Crippen LogP contribution in [0.1, 0.15) is 17.0 Å². The summed E-state index contributed by atoms with van der Waals surface area (Å²) in [5.74, 6) is 1.88. The Hall–Kier alpha value is -2.60. The van der Waals surface area contributed by atoms with Gasteiger partial charge >= 0.3 is 0 Å². The van der Waals surface area contributed by atoms with Crippen molar-refractivity contribution in [1.29, 1.82) is 0 Å². The van der Waals surface area contributed by atoms with Crippen molar-refractivity contribution < 1.29 is 9.32 Å². The van der Waals surface area contributed by atoms with Crippen LogP contribution < -0.4 is 5.32 Å². The molecule has 0 atom stereocenters. The smallest absolute Gasteiger partial charge is 0.236 e. The zero-order valence-electron chi connectivity index (χ0n) is 14.2. The third kappa shape index (κ3) is 4.48. The summed E-state index contributed by atoms with van der Waals surface area (Å²) in [5.41, 5.74) is 3.91. The molecule has 1 amide bonds. The second-order valence-electron chi connectivity index (χ2n) is 5.69. The van der Waals surface area contributed by atoms with Crippen LogP contribution in [0.3, 0.4) is 0 Å². The van der Waals surface area contributed by atoms with Gasteiger partial charge in [-0.25, -0.2) is 0 Å². The Kier molecular flexibility index (Phi) is 5.50. The first-order valence-corrected chi connectivity index (χ1v) is 9.11. The second-order valence-corrected chi connectivity index (χ2v) is 6.67. The molecule has 1 aromatic heterocycles. The van der Waals surface area contributed by atoms with Crippen LogP contribution in [0.25, 0.3) is 11.4 Å². The lowest BCUT2D eigenvalue weighted by Crippen LogP contribution is -2.15. The number of para-hydroxylation sites is 1. The third-order valence-corrected chi connectivity index (χ3v) is 4.62. The van der Waals surface area contributed by atoms with Crippen LogP contribution in [0.15, 0.2) is 53.1 Å². The molecule has 0 unspecified atom stereocenters. The van der Waals surface area contributed by atoms with E-state index >= 15 is 0 Å². The molecule has 3 aromatic rings. The molecule has 128 valence electrons. The molecule has 25 heavy (non-hydrogen) atoms. The highest BCUT2D eigenvalue weighted by atomic mass is 32.2. The summed E-state index contributed by atoms with van der Waals surface area (Å²) >= 11 is 1.45. The molecule has 0 aliphatic carbocycles. The first kappa shape index (κ1) is 17.2. The maximum absolute atomic E-state index is 12.1. The number of aromatic nitrogens is 2. The predicted molar refractivity (Wildman–Crippen MR) is 100 cm³/mol. The van der Waals surface area contributed by atoms with E-state index in [2.05, 4.69) is 15.5 Å². The monoisotopic (exact) mass is 353 g/mol. The van der Waals surface area contributed by atoms with Crippen LogP contribution in [0.2, 0.25) is 0 Å². The van der Waals surface area contributed by atoms with Crippen LogP contribution in [0.4, 0.5) is 5.69 Å². The fourth-order valence-electron chi connectivity index (χ4n) is 2.44. The van der Waals surface area contributed by atoms with Crippen molar-refractivity contribution in [1.82, 2.24) is 10.1 Å². The lowest BCUT2D eigenvalue weighted by atomic mass is 10.1. The highest BCUT2D eigenvalue weighted by Crippen LogP contribution is 2.21. The number of hydrogen-bond acceptors (Lipinski definition) is 5. The summed E-state index contributed by atoms with van der Waals surface area (Å²) in [6.45, 7) is 3.97. The zero-order chi connectivity index (χ0) is 17.6. The van der Waals surface area contributed by atoms with Gasteiger partial charge < -0.3 is 9.84 Å². The summed E-state index contributed by atoms with van der Waals surface area (Å²) in [5, 5.41) is 6.94. The Labute approximate surface area is 150 Å². The zero-order valence-corrected chi connectivity index (χ0v) is 15.0. The Bertz CT molecular complexity index is 842. The summed E-state index contributed by atoms with van der Waals surface area (Å²) < 4.78 is 5.24. The van der Waals surface area contributed by atoms with E-state index in [0.717, 1.165) is 22.4 Å². The minimum atomic E-state index is -0.0369. The van der Waals surface area contributed by atoms with E-state index in [0.29, 0.717) is 23.2 Å². The van der Waals surface area contributed by atoms with Gasteiger partial charge in [-0.3, -0.25) is 4.79 Å². The van der Waals surface area contributed by atoms with E-state index in [1.807, 2.05) is 62.4 Å². The molecule has 0 spiro atoms. The lowest BCUT2D eigenvalue weighted by Gasteiger charge is -2.10. The molecule has 0 fully saturated rings. The van der Waals surface area contributed by atoms with Crippen molar-refractivity contribution in [2.24, 2.45) is 0 Å². The van der Waals surface area contributed by atoms with Crippen LogP contribution in [-0.2, 0) is 10.5 Å². The van der Waals surface area contributed by atoms with E-state index in [9.17, 15) is 4.79 Å². The number of rotatable bonds is 6. The van der Waals surface area contributed by atoms with Gasteiger partial charge in [0.25, 0.3) is 0 Å². The van der Waals surface area contributed by atoms with Gasteiger partial charge in [0.05, 0.1) is 11.5 Å². The minimum Gasteiger partial charge on any atom is -0.338 e. The predicted octanol–water partition coefficient (Wildman–Crippen LogP) is 4.23. The molecule has 0 saturated carbocycles. The van der Waals surface area contributed by atoms with Crippen LogP contribution in [-0.4, -0.2) is 21.8 Å². The third-order valence-electron chi connectivity index (χ3n) is 3.70. The van der Waals surface area contributed by atoms with Gasteiger partial charge in [-0.2, -0.15) is 4.98 Å². The van der Waals surface area contributed by atoms with Gasteiger partial charge in [-0.1, -0.05) is 53.7 Å². The van der Waals surface area contributed by atoms with Gasteiger partial charge in [0, 0.05) is 11.3 Å². The fraction of sp³-hybridized carbons (Fsp3) is 0.211. The number of amides is 1. The van der Waals surface area contributed by atoms with Gasteiger partial charge in [0.2, 0.25) is 17.6 Å². The van der Waals surface area contributed by atoms with Gasteiger partial charge in [-0.15, -0.1) is 11.8 Å². The Balaban J connectivity index is 1.51. The first-order valence-electron chi connectivity index (χ1n) is 7.95. The molecule has 0 aliphatic heterocycles. The van der Waals surface area contributed by atoms with Crippen molar-refractivity contribution in [3.05, 3.63) is 65.5 Å². The van der Waals surface area contributed by atoms with E-state index < -0.39 is 0 Å². The standard InChI is InChI=1S/C19H19N3O2S/c1-13-7-6-8-14(2)18(13)20-16(23)11-25-12-17-21-19(22-24-17)15-9-4-3-5-10-15/h3-10H,11-12H2,1-2H3,(H,20,23). The number of thioether (sulfide) groups is 1. The molecule has 5 nitrogen and oxygen atoms in total. The average Bonchev–Trinajstić information content (AvgIpc) is 3.08. The molecule has 2 aromatic carbocycles. The summed E-state index contributed by atoms with van der Waals surface area (Å²) in [4.78, 5) is 16.5. The van der Waals surface area contributed by atoms with Gasteiger partial charge in [0.15, 0.2) is 0 Å². The van der Waals surface area contributed by atoms with Crippen LogP contribution >= 0.6 is 11.8 Å². The Morgan fingerprint density at radius 2 is 1.80 bits per heavy atom. The number of benzene rings is 2. The molecule has 0 radical (unpaired) electrons. The second kappa shape index (κ2) is 7.98. The van der Waals surface area contributed by atoms with Crippen LogP contribution in [0.5, 0.6) is 0 Å². The number of nitrogens with zero attached hydrogens (tertiary/aromatic N) is 2. The van der Waals surface area contributed by atoms with E-state index in [-0.39, 0.29) is 5.91 Å². The molecule has 0 aliphatic rings. The number of nitrogens with one attached hydrogen (secondary N) is 1. The van der Waals surface area contributed by atoms with E-state index in [1.54, 1.807) is 0 Å². The first-order chi connectivity index (χ1) is 12.1. The number of carbonyl (C=O) groups is 1. The molecule has 0 bridgehead atoms. The van der Waals surface area contributed by atoms with Crippen molar-refractivity contribution in [2.75, 3.05) is 11.1 Å². The topological polar surface area (TPSA) is 68.0 Å². The molecular formula is C19H19N3O2S. The minimum absolute atomic E-state index is 0.0369. The van der Waals surface area contributed by atoms with E-state index in [4.69, 9.17) is 4.52 Å². The van der Waals surface area contributed by atoms with Crippen molar-refractivity contribution in [3.8, 4) is 11.4 Å². The largest absolute Gasteiger partial charge is 0.338 e. The van der Waals surface area contributed by atoms with Crippen molar-refractivity contribution in [2.45, 2.75) is 19.6 Å². The number of hydrogen-bond donors (Lipinski definition) is 1. The van der Waals surface area contributed by atoms with Gasteiger partial charge in [0.1, 0.15) is 0 Å². The summed E-state index contributed by atoms with van der Waals surface area (Å²) in [6.07, 6.45) is 0.